The normalized spacial score (nSPS) is 17.5. The van der Waals surface area contributed by atoms with Crippen molar-refractivity contribution in [2.75, 3.05) is 18.6 Å². The fourth-order valence-corrected chi connectivity index (χ4v) is 3.08. The largest absolute Gasteiger partial charge is 0.467 e. The molecule has 1 aliphatic heterocycles. The zero-order chi connectivity index (χ0) is 16.8. The van der Waals surface area contributed by atoms with E-state index in [1.54, 1.807) is 0 Å². The highest BCUT2D eigenvalue weighted by atomic mass is 79.9. The number of nitrogens with zero attached hydrogens (tertiary/aromatic N) is 1. The molecule has 3 nitrogen and oxygen atoms in total. The molecule has 1 aromatic carbocycles. The minimum Gasteiger partial charge on any atom is -0.467 e. The van der Waals surface area contributed by atoms with Gasteiger partial charge in [0.15, 0.2) is 0 Å². The number of ether oxygens (including phenoxy) is 1. The van der Waals surface area contributed by atoms with Crippen LogP contribution in [0.15, 0.2) is 52.0 Å². The Hall–Kier alpha value is -1.55. The Morgan fingerprint density at radius 3 is 2.65 bits per heavy atom. The molecule has 124 valence electrons. The topological polar surface area (TPSA) is 29.5 Å². The number of anilines is 1. The lowest BCUT2D eigenvalue weighted by atomic mass is 9.95. The van der Waals surface area contributed by atoms with Gasteiger partial charge in [-0.3, -0.25) is 0 Å². The van der Waals surface area contributed by atoms with Crippen LogP contribution in [0.25, 0.3) is 0 Å². The maximum Gasteiger partial charge on any atom is 0.328 e. The van der Waals surface area contributed by atoms with Gasteiger partial charge in [-0.05, 0) is 57.4 Å². The Morgan fingerprint density at radius 2 is 2.04 bits per heavy atom. The Kier molecular flexibility index (Phi) is 6.46. The van der Waals surface area contributed by atoms with Crippen LogP contribution in [0.2, 0.25) is 0 Å². The molecule has 2 rings (SSSR count). The third-order valence-electron chi connectivity index (χ3n) is 4.06. The third kappa shape index (κ3) is 4.96. The van der Waals surface area contributed by atoms with Crippen molar-refractivity contribution in [2.45, 2.75) is 39.2 Å². The van der Waals surface area contributed by atoms with Gasteiger partial charge < -0.3 is 9.64 Å². The van der Waals surface area contributed by atoms with Gasteiger partial charge in [-0.2, -0.15) is 0 Å². The van der Waals surface area contributed by atoms with E-state index in [1.807, 2.05) is 24.3 Å². The number of allylic oxidation sites excluding steroid dienone is 2. The first kappa shape index (κ1) is 17.8. The van der Waals surface area contributed by atoms with Gasteiger partial charge in [0.1, 0.15) is 6.04 Å². The van der Waals surface area contributed by atoms with Crippen LogP contribution >= 0.6 is 15.9 Å². The van der Waals surface area contributed by atoms with Crippen molar-refractivity contribution < 1.29 is 9.53 Å². The van der Waals surface area contributed by atoms with Crippen LogP contribution in [0.4, 0.5) is 5.69 Å². The van der Waals surface area contributed by atoms with E-state index in [9.17, 15) is 4.79 Å². The van der Waals surface area contributed by atoms with E-state index >= 15 is 0 Å². The van der Waals surface area contributed by atoms with Crippen molar-refractivity contribution in [3.8, 4) is 0 Å². The molecular formula is C19H24BrNO2. The van der Waals surface area contributed by atoms with Gasteiger partial charge in [-0.25, -0.2) is 4.79 Å². The summed E-state index contributed by atoms with van der Waals surface area (Å²) in [5.74, 6) is -0.166. The first-order valence-electron chi connectivity index (χ1n) is 7.92. The second kappa shape index (κ2) is 8.34. The number of hydrogen-bond acceptors (Lipinski definition) is 3. The van der Waals surface area contributed by atoms with E-state index < -0.39 is 0 Å². The first-order chi connectivity index (χ1) is 11.0. The minimum absolute atomic E-state index is 0.166. The van der Waals surface area contributed by atoms with Crippen LogP contribution in [-0.2, 0) is 9.53 Å². The van der Waals surface area contributed by atoms with Crippen LogP contribution in [-0.4, -0.2) is 25.7 Å². The molecule has 0 saturated carbocycles. The summed E-state index contributed by atoms with van der Waals surface area (Å²) >= 11 is 3.45. The number of halogens is 1. The van der Waals surface area contributed by atoms with Gasteiger partial charge in [0.25, 0.3) is 0 Å². The van der Waals surface area contributed by atoms with Crippen molar-refractivity contribution in [2.24, 2.45) is 0 Å². The summed E-state index contributed by atoms with van der Waals surface area (Å²) in [6, 6.07) is 7.81. The van der Waals surface area contributed by atoms with Crippen LogP contribution in [0.3, 0.4) is 0 Å². The number of methoxy groups -OCH3 is 1. The summed E-state index contributed by atoms with van der Waals surface area (Å²) in [6.45, 7) is 4.97. The number of benzene rings is 1. The molecule has 0 aromatic heterocycles. The second-order valence-electron chi connectivity index (χ2n) is 6.05. The monoisotopic (exact) mass is 377 g/mol. The van der Waals surface area contributed by atoms with E-state index in [2.05, 4.69) is 46.8 Å². The lowest BCUT2D eigenvalue weighted by molar-refractivity contribution is -0.142. The molecule has 0 N–H and O–H groups in total. The van der Waals surface area contributed by atoms with Crippen molar-refractivity contribution in [1.82, 2.24) is 0 Å². The summed E-state index contributed by atoms with van der Waals surface area (Å²) in [5.41, 5.74) is 3.72. The number of esters is 1. The Balaban J connectivity index is 2.15. The van der Waals surface area contributed by atoms with Gasteiger partial charge in [-0.15, -0.1) is 0 Å². The molecule has 0 radical (unpaired) electrons. The summed E-state index contributed by atoms with van der Waals surface area (Å²) in [5, 5.41) is 0. The van der Waals surface area contributed by atoms with Crippen LogP contribution in [0, 0.1) is 0 Å². The zero-order valence-corrected chi connectivity index (χ0v) is 15.6. The molecule has 0 aliphatic carbocycles. The minimum atomic E-state index is -0.243. The van der Waals surface area contributed by atoms with Gasteiger partial charge in [0.2, 0.25) is 0 Å². The highest BCUT2D eigenvalue weighted by Crippen LogP contribution is 2.28. The number of rotatable bonds is 5. The van der Waals surface area contributed by atoms with Crippen molar-refractivity contribution >= 4 is 27.6 Å². The predicted molar refractivity (Wildman–Crippen MR) is 98.7 cm³/mol. The lowest BCUT2D eigenvalue weighted by Gasteiger charge is -2.35. The number of hydrogen-bond donors (Lipinski definition) is 0. The summed E-state index contributed by atoms with van der Waals surface area (Å²) < 4.78 is 6.06. The van der Waals surface area contributed by atoms with E-state index in [1.165, 1.54) is 18.3 Å². The SMILES string of the molecule is COC(=O)[C@@H]1CC(CCC=C(C)C)=CCN1c1ccc(Br)cc1. The quantitative estimate of drug-likeness (QED) is 0.541. The smallest absolute Gasteiger partial charge is 0.328 e. The average Bonchev–Trinajstić information content (AvgIpc) is 2.54. The fraction of sp³-hybridized carbons (Fsp3) is 0.421. The molecule has 0 spiro atoms. The van der Waals surface area contributed by atoms with Crippen molar-refractivity contribution in [3.05, 3.63) is 52.0 Å². The average molecular weight is 378 g/mol. The van der Waals surface area contributed by atoms with E-state index in [0.717, 1.165) is 36.0 Å². The van der Waals surface area contributed by atoms with Crippen molar-refractivity contribution in [1.29, 1.82) is 0 Å². The molecule has 1 atom stereocenters. The second-order valence-corrected chi connectivity index (χ2v) is 6.97. The summed E-state index contributed by atoms with van der Waals surface area (Å²) in [4.78, 5) is 14.3. The van der Waals surface area contributed by atoms with Crippen LogP contribution < -0.4 is 4.90 Å². The van der Waals surface area contributed by atoms with E-state index in [4.69, 9.17) is 4.74 Å². The highest BCUT2D eigenvalue weighted by Gasteiger charge is 2.30. The van der Waals surface area contributed by atoms with Gasteiger partial charge >= 0.3 is 5.97 Å². The number of carbonyl (C=O) groups excluding carboxylic acids is 1. The highest BCUT2D eigenvalue weighted by molar-refractivity contribution is 9.10. The van der Waals surface area contributed by atoms with Crippen LogP contribution in [0.1, 0.15) is 33.1 Å². The molecule has 0 unspecified atom stereocenters. The standard InChI is InChI=1S/C19H24BrNO2/c1-14(2)5-4-6-15-11-12-21(18(13-15)19(22)23-3)17-9-7-16(20)8-10-17/h5,7-11,18H,4,6,12-13H2,1-3H3/t18-/m0/s1. The van der Waals surface area contributed by atoms with Gasteiger partial charge in [0, 0.05) is 16.7 Å². The van der Waals surface area contributed by atoms with Gasteiger partial charge in [-0.1, -0.05) is 39.2 Å². The van der Waals surface area contributed by atoms with E-state index in [0.29, 0.717) is 0 Å². The zero-order valence-electron chi connectivity index (χ0n) is 14.0. The molecule has 0 bridgehead atoms. The van der Waals surface area contributed by atoms with Gasteiger partial charge in [0.05, 0.1) is 7.11 Å². The maximum atomic E-state index is 12.2. The van der Waals surface area contributed by atoms with E-state index in [-0.39, 0.29) is 12.0 Å². The van der Waals surface area contributed by atoms with Crippen LogP contribution in [0.5, 0.6) is 0 Å². The molecule has 4 heteroatoms. The molecule has 0 fully saturated rings. The predicted octanol–water partition coefficient (Wildman–Crippen LogP) is 4.87. The van der Waals surface area contributed by atoms with Crippen molar-refractivity contribution in [3.63, 3.8) is 0 Å². The Labute approximate surface area is 147 Å². The molecule has 0 saturated heterocycles. The molecule has 23 heavy (non-hydrogen) atoms. The molecule has 1 aliphatic rings. The molecule has 1 heterocycles. The lowest BCUT2D eigenvalue weighted by Crippen LogP contribution is -2.44. The third-order valence-corrected chi connectivity index (χ3v) is 4.59. The Morgan fingerprint density at radius 1 is 1.35 bits per heavy atom. The first-order valence-corrected chi connectivity index (χ1v) is 8.72. The molecular weight excluding hydrogens is 354 g/mol. The molecule has 1 aromatic rings. The maximum absolute atomic E-state index is 12.2. The summed E-state index contributed by atoms with van der Waals surface area (Å²) in [6.07, 6.45) is 7.27. The number of carbonyl (C=O) groups is 1. The Bertz CT molecular complexity index is 600. The summed E-state index contributed by atoms with van der Waals surface area (Å²) in [7, 11) is 1.46. The fourth-order valence-electron chi connectivity index (χ4n) is 2.81. The molecule has 0 amide bonds.